The number of piperidine rings is 1. The summed E-state index contributed by atoms with van der Waals surface area (Å²) in [6.45, 7) is 3.77. The molecule has 9 heteroatoms. The zero-order chi connectivity index (χ0) is 23.2. The topological polar surface area (TPSA) is 52.2 Å². The summed E-state index contributed by atoms with van der Waals surface area (Å²) in [5.74, 6) is -0.549. The number of alkyl halides is 3. The fraction of sp³-hybridized carbons (Fsp3) is 0.583. The van der Waals surface area contributed by atoms with Crippen molar-refractivity contribution in [2.45, 2.75) is 51.2 Å². The second-order valence-corrected chi connectivity index (χ2v) is 9.67. The normalized spacial score (nSPS) is 20.2. The van der Waals surface area contributed by atoms with Crippen LogP contribution >= 0.6 is 0 Å². The minimum absolute atomic E-state index is 0.00982. The van der Waals surface area contributed by atoms with Gasteiger partial charge < -0.3 is 4.90 Å². The molecule has 1 aliphatic carbocycles. The number of aromatic amines is 1. The van der Waals surface area contributed by atoms with Crippen LogP contribution in [-0.4, -0.2) is 52.1 Å². The average molecular weight is 465 g/mol. The summed E-state index contributed by atoms with van der Waals surface area (Å²) in [4.78, 5) is 17.3. The number of H-pyrrole nitrogens is 1. The first-order valence-corrected chi connectivity index (χ1v) is 11.7. The number of benzene rings is 1. The van der Waals surface area contributed by atoms with Crippen molar-refractivity contribution in [3.05, 3.63) is 52.1 Å². The van der Waals surface area contributed by atoms with E-state index in [1.165, 1.54) is 25.0 Å². The van der Waals surface area contributed by atoms with E-state index in [1.54, 1.807) is 4.90 Å². The van der Waals surface area contributed by atoms with Crippen LogP contribution in [0.25, 0.3) is 0 Å². The third-order valence-corrected chi connectivity index (χ3v) is 7.22. The number of carbonyl (C=O) groups is 1. The first-order chi connectivity index (χ1) is 15.8. The Kier molecular flexibility index (Phi) is 5.93. The summed E-state index contributed by atoms with van der Waals surface area (Å²) in [7, 11) is 0. The molecule has 3 aliphatic rings. The second-order valence-electron chi connectivity index (χ2n) is 9.67. The summed E-state index contributed by atoms with van der Waals surface area (Å²) in [5.41, 5.74) is 1.33. The molecule has 0 radical (unpaired) electrons. The Morgan fingerprint density at radius 3 is 2.55 bits per heavy atom. The van der Waals surface area contributed by atoms with Gasteiger partial charge in [0.2, 0.25) is 0 Å². The van der Waals surface area contributed by atoms with Gasteiger partial charge in [0.05, 0.1) is 11.3 Å². The number of aromatic nitrogens is 2. The maximum Gasteiger partial charge on any atom is 0.419 e. The molecule has 2 aromatic rings. The van der Waals surface area contributed by atoms with E-state index in [0.717, 1.165) is 49.3 Å². The number of amides is 1. The quantitative estimate of drug-likeness (QED) is 0.666. The maximum absolute atomic E-state index is 13.9. The van der Waals surface area contributed by atoms with Crippen LogP contribution in [-0.2, 0) is 25.6 Å². The number of halogens is 4. The number of nitrogens with one attached hydrogen (secondary N) is 1. The molecule has 33 heavy (non-hydrogen) atoms. The van der Waals surface area contributed by atoms with E-state index in [2.05, 4.69) is 15.1 Å². The van der Waals surface area contributed by atoms with Crippen LogP contribution in [0.15, 0.2) is 18.2 Å². The van der Waals surface area contributed by atoms with Gasteiger partial charge in [-0.2, -0.15) is 18.3 Å². The monoisotopic (exact) mass is 464 g/mol. The van der Waals surface area contributed by atoms with E-state index in [4.69, 9.17) is 0 Å². The van der Waals surface area contributed by atoms with Gasteiger partial charge in [0.25, 0.3) is 5.91 Å². The van der Waals surface area contributed by atoms with Crippen molar-refractivity contribution in [1.82, 2.24) is 20.0 Å². The lowest BCUT2D eigenvalue weighted by Gasteiger charge is -2.32. The van der Waals surface area contributed by atoms with Gasteiger partial charge in [-0.05, 0) is 62.0 Å². The van der Waals surface area contributed by atoms with Gasteiger partial charge in [0, 0.05) is 38.3 Å². The van der Waals surface area contributed by atoms with E-state index in [1.807, 2.05) is 0 Å². The summed E-state index contributed by atoms with van der Waals surface area (Å²) in [6.07, 6.45) is 0.0257. The molecule has 1 saturated carbocycles. The predicted octanol–water partition coefficient (Wildman–Crippen LogP) is 4.43. The molecule has 0 atom stereocenters. The number of hydrogen-bond donors (Lipinski definition) is 1. The molecular weight excluding hydrogens is 436 g/mol. The van der Waals surface area contributed by atoms with Gasteiger partial charge in [-0.15, -0.1) is 0 Å². The SMILES string of the molecule is O=C(c1n[nH]c2c1CCN(CC1CC1)C2)N1CCC(Cc2cccc(F)c2C(F)(F)F)CC1. The summed E-state index contributed by atoms with van der Waals surface area (Å²) >= 11 is 0. The average Bonchev–Trinajstić information content (AvgIpc) is 3.48. The predicted molar refractivity (Wildman–Crippen MR) is 114 cm³/mol. The zero-order valence-electron chi connectivity index (χ0n) is 18.4. The van der Waals surface area contributed by atoms with Crippen LogP contribution in [0.5, 0.6) is 0 Å². The van der Waals surface area contributed by atoms with E-state index < -0.39 is 17.6 Å². The fourth-order valence-corrected chi connectivity index (χ4v) is 5.23. The summed E-state index contributed by atoms with van der Waals surface area (Å²) in [6, 6.07) is 3.53. The Hall–Kier alpha value is -2.42. The number of rotatable bonds is 5. The summed E-state index contributed by atoms with van der Waals surface area (Å²) < 4.78 is 53.8. The Labute approximate surface area is 190 Å². The molecule has 0 spiro atoms. The highest BCUT2D eigenvalue weighted by molar-refractivity contribution is 5.94. The zero-order valence-corrected chi connectivity index (χ0v) is 18.4. The van der Waals surface area contributed by atoms with Gasteiger partial charge in [-0.25, -0.2) is 4.39 Å². The lowest BCUT2D eigenvalue weighted by Crippen LogP contribution is -2.40. The Balaban J connectivity index is 1.20. The Morgan fingerprint density at radius 2 is 1.85 bits per heavy atom. The third kappa shape index (κ3) is 4.78. The first-order valence-electron chi connectivity index (χ1n) is 11.7. The van der Waals surface area contributed by atoms with E-state index in [-0.39, 0.29) is 23.8 Å². The third-order valence-electron chi connectivity index (χ3n) is 7.22. The van der Waals surface area contributed by atoms with Gasteiger partial charge in [-0.1, -0.05) is 12.1 Å². The molecule has 2 aliphatic heterocycles. The van der Waals surface area contributed by atoms with Gasteiger partial charge in [0.1, 0.15) is 5.82 Å². The molecule has 5 rings (SSSR count). The van der Waals surface area contributed by atoms with Crippen LogP contribution in [0.1, 0.15) is 58.6 Å². The smallest absolute Gasteiger partial charge is 0.337 e. The molecule has 1 amide bonds. The number of hydrogen-bond acceptors (Lipinski definition) is 3. The van der Waals surface area contributed by atoms with Crippen LogP contribution in [0.3, 0.4) is 0 Å². The van der Waals surface area contributed by atoms with E-state index >= 15 is 0 Å². The Morgan fingerprint density at radius 1 is 1.09 bits per heavy atom. The van der Waals surface area contributed by atoms with Crippen molar-refractivity contribution in [2.75, 3.05) is 26.2 Å². The molecule has 3 heterocycles. The molecule has 178 valence electrons. The lowest BCUT2D eigenvalue weighted by molar-refractivity contribution is -0.140. The van der Waals surface area contributed by atoms with E-state index in [9.17, 15) is 22.4 Å². The van der Waals surface area contributed by atoms with Crippen molar-refractivity contribution in [3.63, 3.8) is 0 Å². The highest BCUT2D eigenvalue weighted by Gasteiger charge is 2.38. The van der Waals surface area contributed by atoms with Crippen molar-refractivity contribution in [2.24, 2.45) is 11.8 Å². The van der Waals surface area contributed by atoms with Crippen molar-refractivity contribution >= 4 is 5.91 Å². The molecule has 0 bridgehead atoms. The molecule has 1 saturated heterocycles. The summed E-state index contributed by atoms with van der Waals surface area (Å²) in [5, 5.41) is 7.38. The highest BCUT2D eigenvalue weighted by atomic mass is 19.4. The van der Waals surface area contributed by atoms with E-state index in [0.29, 0.717) is 31.6 Å². The van der Waals surface area contributed by atoms with Crippen LogP contribution in [0.2, 0.25) is 0 Å². The molecule has 2 fully saturated rings. The molecule has 1 N–H and O–H groups in total. The second kappa shape index (κ2) is 8.74. The standard InChI is InChI=1S/C24H28F4N4O/c25-19-3-1-2-17(21(19)24(26,27)28)12-15-6-10-32(11-7-15)23(33)22-18-8-9-31(13-16-4-5-16)14-20(18)29-30-22/h1-3,15-16H,4-14H2,(H,29,30). The number of fused-ring (bicyclic) bond motifs is 1. The molecule has 5 nitrogen and oxygen atoms in total. The first kappa shape index (κ1) is 22.4. The van der Waals surface area contributed by atoms with Crippen molar-refractivity contribution in [3.8, 4) is 0 Å². The van der Waals surface area contributed by atoms with Crippen molar-refractivity contribution in [1.29, 1.82) is 0 Å². The largest absolute Gasteiger partial charge is 0.419 e. The maximum atomic E-state index is 13.9. The van der Waals surface area contributed by atoms with Gasteiger partial charge in [-0.3, -0.25) is 14.8 Å². The number of nitrogens with zero attached hydrogens (tertiary/aromatic N) is 3. The molecule has 0 unspecified atom stereocenters. The van der Waals surface area contributed by atoms with Crippen LogP contribution in [0.4, 0.5) is 17.6 Å². The minimum Gasteiger partial charge on any atom is -0.337 e. The van der Waals surface area contributed by atoms with Gasteiger partial charge in [0.15, 0.2) is 5.69 Å². The highest BCUT2D eigenvalue weighted by Crippen LogP contribution is 2.36. The molecular formula is C24H28F4N4O. The van der Waals surface area contributed by atoms with Crippen LogP contribution < -0.4 is 0 Å². The van der Waals surface area contributed by atoms with Gasteiger partial charge >= 0.3 is 6.18 Å². The Bertz CT molecular complexity index is 1020. The van der Waals surface area contributed by atoms with Crippen LogP contribution in [0, 0.1) is 17.7 Å². The fourth-order valence-electron chi connectivity index (χ4n) is 5.23. The number of likely N-dealkylation sites (tertiary alicyclic amines) is 1. The minimum atomic E-state index is -4.72. The molecule has 1 aromatic heterocycles. The molecule has 1 aromatic carbocycles. The number of carbonyl (C=O) groups excluding carboxylic acids is 1. The van der Waals surface area contributed by atoms with Crippen molar-refractivity contribution < 1.29 is 22.4 Å². The lowest BCUT2D eigenvalue weighted by atomic mass is 9.88.